The second-order valence-corrected chi connectivity index (χ2v) is 9.35. The van der Waals surface area contributed by atoms with Crippen LogP contribution in [0, 0.1) is 11.2 Å². The molecule has 1 aliphatic rings. The Labute approximate surface area is 226 Å². The third-order valence-electron chi connectivity index (χ3n) is 6.85. The summed E-state index contributed by atoms with van der Waals surface area (Å²) in [5.74, 6) is 0.188. The number of hydrogen-bond acceptors (Lipinski definition) is 6. The highest BCUT2D eigenvalue weighted by Gasteiger charge is 2.55. The summed E-state index contributed by atoms with van der Waals surface area (Å²) >= 11 is 0. The predicted octanol–water partition coefficient (Wildman–Crippen LogP) is 3.28. The van der Waals surface area contributed by atoms with Crippen LogP contribution in [0.15, 0.2) is 66.3 Å². The third-order valence-corrected chi connectivity index (χ3v) is 6.85. The molecule has 14 heteroatoms. The van der Waals surface area contributed by atoms with Gasteiger partial charge in [0.05, 0.1) is 11.9 Å². The van der Waals surface area contributed by atoms with E-state index in [1.807, 2.05) is 35.3 Å². The van der Waals surface area contributed by atoms with Crippen molar-refractivity contribution in [2.24, 2.45) is 17.8 Å². The Hall–Kier alpha value is -4.59. The smallest absolute Gasteiger partial charge is 0.358 e. The number of aliphatic imine (C=N–C) groups is 1. The van der Waals surface area contributed by atoms with Crippen LogP contribution < -0.4 is 10.6 Å². The molecule has 1 saturated heterocycles. The number of aryl methyl sites for hydroxylation is 1. The zero-order valence-electron chi connectivity index (χ0n) is 21.4. The van der Waals surface area contributed by atoms with Crippen molar-refractivity contribution < 1.29 is 17.6 Å². The second-order valence-electron chi connectivity index (χ2n) is 9.35. The maximum Gasteiger partial charge on any atom is 0.414 e. The molecule has 1 atom stereocenters. The lowest BCUT2D eigenvalue weighted by Gasteiger charge is -2.36. The van der Waals surface area contributed by atoms with Crippen molar-refractivity contribution in [2.45, 2.75) is 11.7 Å². The number of aromatic nitrogens is 5. The molecule has 0 radical (unpaired) electrons. The summed E-state index contributed by atoms with van der Waals surface area (Å²) in [7, 11) is 1.84. The second kappa shape index (κ2) is 10.5. The molecular formula is C26H26F4N10. The molecule has 5 rings (SSSR count). The molecule has 208 valence electrons. The minimum absolute atomic E-state index is 0.260. The first kappa shape index (κ1) is 27.0. The number of nitrogens with zero attached hydrogens (tertiary/aromatic N) is 7. The Morgan fingerprint density at radius 2 is 1.70 bits per heavy atom. The van der Waals surface area contributed by atoms with Gasteiger partial charge < -0.3 is 20.5 Å². The van der Waals surface area contributed by atoms with Crippen molar-refractivity contribution in [1.82, 2.24) is 29.6 Å². The molecule has 0 spiro atoms. The van der Waals surface area contributed by atoms with Gasteiger partial charge in [-0.1, -0.05) is 12.1 Å². The summed E-state index contributed by atoms with van der Waals surface area (Å²) in [6.07, 6.45) is 3.73. The predicted molar refractivity (Wildman–Crippen MR) is 142 cm³/mol. The topological polar surface area (TPSA) is 128 Å². The van der Waals surface area contributed by atoms with E-state index in [9.17, 15) is 17.6 Å². The van der Waals surface area contributed by atoms with E-state index < -0.39 is 17.5 Å². The van der Waals surface area contributed by atoms with Crippen LogP contribution in [0.2, 0.25) is 0 Å². The Morgan fingerprint density at radius 1 is 1.02 bits per heavy atom. The normalized spacial score (nSPS) is 16.2. The lowest BCUT2D eigenvalue weighted by Crippen LogP contribution is -2.52. The molecule has 0 aliphatic carbocycles. The van der Waals surface area contributed by atoms with Crippen LogP contribution in [-0.4, -0.2) is 74.2 Å². The summed E-state index contributed by atoms with van der Waals surface area (Å²) in [5.41, 5.74) is 4.92. The van der Waals surface area contributed by atoms with Gasteiger partial charge in [-0.15, -0.1) is 0 Å². The molecule has 0 saturated carbocycles. The molecule has 10 nitrogen and oxygen atoms in total. The number of benzene rings is 1. The molecule has 1 fully saturated rings. The van der Waals surface area contributed by atoms with Gasteiger partial charge in [-0.2, -0.15) is 18.3 Å². The fourth-order valence-electron chi connectivity index (χ4n) is 4.66. The molecule has 0 bridgehead atoms. The van der Waals surface area contributed by atoms with Crippen LogP contribution in [0.1, 0.15) is 16.8 Å². The van der Waals surface area contributed by atoms with Gasteiger partial charge in [0.2, 0.25) is 5.95 Å². The van der Waals surface area contributed by atoms with E-state index >= 15 is 0 Å². The van der Waals surface area contributed by atoms with E-state index in [2.05, 4.69) is 25.0 Å². The van der Waals surface area contributed by atoms with Gasteiger partial charge in [-0.25, -0.2) is 19.4 Å². The van der Waals surface area contributed by atoms with Crippen LogP contribution >= 0.6 is 0 Å². The van der Waals surface area contributed by atoms with Crippen molar-refractivity contribution >= 4 is 18.1 Å². The molecule has 1 aliphatic heterocycles. The molecule has 1 aromatic carbocycles. The van der Waals surface area contributed by atoms with Crippen LogP contribution in [-0.2, 0) is 12.6 Å². The van der Waals surface area contributed by atoms with Gasteiger partial charge in [0, 0.05) is 74.7 Å². The lowest BCUT2D eigenvalue weighted by molar-refractivity contribution is -0.177. The van der Waals surface area contributed by atoms with E-state index in [1.54, 1.807) is 10.9 Å². The number of H-pyrrole nitrogens is 1. The van der Waals surface area contributed by atoms with Crippen molar-refractivity contribution in [2.75, 3.05) is 31.1 Å². The minimum Gasteiger partial charge on any atom is -0.358 e. The molecular weight excluding hydrogens is 528 g/mol. The first-order valence-corrected chi connectivity index (χ1v) is 12.3. The van der Waals surface area contributed by atoms with E-state index in [0.29, 0.717) is 32.0 Å². The summed E-state index contributed by atoms with van der Waals surface area (Å²) < 4.78 is 57.4. The number of piperazine rings is 1. The van der Waals surface area contributed by atoms with Crippen LogP contribution in [0.4, 0.5) is 23.5 Å². The lowest BCUT2D eigenvalue weighted by atomic mass is 9.84. The van der Waals surface area contributed by atoms with Gasteiger partial charge in [0.25, 0.3) is 0 Å². The van der Waals surface area contributed by atoms with E-state index in [-0.39, 0.29) is 17.1 Å². The average molecular weight is 555 g/mol. The van der Waals surface area contributed by atoms with Gasteiger partial charge in [0.1, 0.15) is 12.2 Å². The zero-order valence-corrected chi connectivity index (χ0v) is 21.4. The number of hydrogen-bond donors (Lipinski definition) is 3. The SMILES string of the molecule is Cn1cc(-c2c[nH]c(C(=NC=N)N3CCN(c4ncc(C(N)(c5ccc(F)cc5)C(F)(F)F)cn4)CC3)c2)cn1. The fourth-order valence-corrected chi connectivity index (χ4v) is 4.66. The molecule has 0 amide bonds. The van der Waals surface area contributed by atoms with Gasteiger partial charge in [-0.05, 0) is 23.8 Å². The van der Waals surface area contributed by atoms with Crippen molar-refractivity contribution in [1.29, 1.82) is 5.41 Å². The third kappa shape index (κ3) is 5.04. The quantitative estimate of drug-likeness (QED) is 0.191. The Kier molecular flexibility index (Phi) is 7.10. The molecule has 4 heterocycles. The summed E-state index contributed by atoms with van der Waals surface area (Å²) in [6.45, 7) is 1.96. The van der Waals surface area contributed by atoms with E-state index in [4.69, 9.17) is 11.1 Å². The van der Waals surface area contributed by atoms with Crippen LogP contribution in [0.25, 0.3) is 11.1 Å². The summed E-state index contributed by atoms with van der Waals surface area (Å²) in [4.78, 5) is 19.7. The van der Waals surface area contributed by atoms with E-state index in [1.165, 1.54) is 0 Å². The molecule has 4 N–H and O–H groups in total. The number of amidine groups is 1. The van der Waals surface area contributed by atoms with E-state index in [0.717, 1.165) is 59.8 Å². The van der Waals surface area contributed by atoms with Crippen LogP contribution in [0.3, 0.4) is 0 Å². The standard InChI is InChI=1S/C26H26F4N10/c1-38-15-18(12-37-38)17-10-22(33-11-17)23(36-16-31)39-6-8-40(9-7-39)24-34-13-20(14-35-24)25(32,26(28,29)30)19-2-4-21(27)5-3-19/h2-5,10-16,31,33H,6-9,32H2,1H3. The minimum atomic E-state index is -4.87. The van der Waals surface area contributed by atoms with Crippen molar-refractivity contribution in [3.05, 3.63) is 84.0 Å². The summed E-state index contributed by atoms with van der Waals surface area (Å²) in [5, 5.41) is 11.7. The van der Waals surface area contributed by atoms with Crippen molar-refractivity contribution in [3.8, 4) is 11.1 Å². The largest absolute Gasteiger partial charge is 0.414 e. The number of nitrogens with two attached hydrogens (primary N) is 1. The Balaban J connectivity index is 1.30. The first-order chi connectivity index (χ1) is 19.1. The summed E-state index contributed by atoms with van der Waals surface area (Å²) in [6, 6.07) is 5.82. The maximum absolute atomic E-state index is 14.1. The maximum atomic E-state index is 14.1. The fraction of sp³-hybridized carbons (Fsp3) is 0.269. The first-order valence-electron chi connectivity index (χ1n) is 12.3. The number of halogens is 4. The van der Waals surface area contributed by atoms with Crippen LogP contribution in [0.5, 0.6) is 0 Å². The number of anilines is 1. The molecule has 40 heavy (non-hydrogen) atoms. The molecule has 4 aromatic rings. The highest BCUT2D eigenvalue weighted by molar-refractivity contribution is 6.01. The molecule has 3 aromatic heterocycles. The number of rotatable bonds is 6. The van der Waals surface area contributed by atoms with Crippen molar-refractivity contribution in [3.63, 3.8) is 0 Å². The number of nitrogens with one attached hydrogen (secondary N) is 2. The number of aromatic amines is 1. The highest BCUT2D eigenvalue weighted by atomic mass is 19.4. The molecule has 1 unspecified atom stereocenters. The van der Waals surface area contributed by atoms with Gasteiger partial charge in [0.15, 0.2) is 11.4 Å². The van der Waals surface area contributed by atoms with Gasteiger partial charge >= 0.3 is 6.18 Å². The van der Waals surface area contributed by atoms with Gasteiger partial charge in [-0.3, -0.25) is 10.1 Å². The average Bonchev–Trinajstić information content (AvgIpc) is 3.61. The highest BCUT2D eigenvalue weighted by Crippen LogP contribution is 2.41. The number of alkyl halides is 3. The zero-order chi connectivity index (χ0) is 28.5. The Bertz CT molecular complexity index is 1500. The Morgan fingerprint density at radius 3 is 2.27 bits per heavy atom. The monoisotopic (exact) mass is 554 g/mol.